The van der Waals surface area contributed by atoms with Gasteiger partial charge in [-0.25, -0.2) is 13.2 Å². The van der Waals surface area contributed by atoms with Crippen LogP contribution in [0.1, 0.15) is 5.56 Å². The zero-order chi connectivity index (χ0) is 18.1. The lowest BCUT2D eigenvalue weighted by Gasteiger charge is -2.10. The highest BCUT2D eigenvalue weighted by Gasteiger charge is 2.31. The second kappa shape index (κ2) is 7.14. The van der Waals surface area contributed by atoms with Crippen molar-refractivity contribution >= 4 is 33.1 Å². The molecule has 0 bridgehead atoms. The van der Waals surface area contributed by atoms with Crippen LogP contribution in [0, 0.1) is 29.1 Å². The smallest absolute Gasteiger partial charge is 0.340 e. The Balaban J connectivity index is 2.49. The van der Waals surface area contributed by atoms with Crippen molar-refractivity contribution < 1.29 is 37.6 Å². The minimum absolute atomic E-state index is 0.0422. The summed E-state index contributed by atoms with van der Waals surface area (Å²) in [6.07, 6.45) is 2.02. The molecule has 24 heavy (non-hydrogen) atoms. The molecular weight excluding hydrogens is 476 g/mol. The standard InChI is InChI=1S/C12H5F5INO4S/c13-7-8(14)10(16)12(11(17)9(7)15)23-24(20,21)6-1-5(4-22-18)2-19-3-6/h1-3H,4H2. The van der Waals surface area contributed by atoms with Crippen molar-refractivity contribution in [1.82, 2.24) is 4.98 Å². The summed E-state index contributed by atoms with van der Waals surface area (Å²) in [6.45, 7) is -0.0422. The summed E-state index contributed by atoms with van der Waals surface area (Å²) in [7, 11) is -4.90. The van der Waals surface area contributed by atoms with E-state index >= 15 is 0 Å². The van der Waals surface area contributed by atoms with E-state index in [4.69, 9.17) is 3.07 Å². The van der Waals surface area contributed by atoms with Gasteiger partial charge in [0.05, 0.1) is 6.61 Å². The van der Waals surface area contributed by atoms with Gasteiger partial charge in [0.15, 0.2) is 0 Å². The molecule has 0 amide bonds. The van der Waals surface area contributed by atoms with Crippen molar-refractivity contribution in [2.24, 2.45) is 0 Å². The summed E-state index contributed by atoms with van der Waals surface area (Å²) in [5.41, 5.74) is 0.270. The summed E-state index contributed by atoms with van der Waals surface area (Å²) in [6, 6.07) is 1.01. The molecule has 0 saturated carbocycles. The van der Waals surface area contributed by atoms with E-state index in [1.165, 1.54) is 29.2 Å². The molecule has 1 heterocycles. The van der Waals surface area contributed by atoms with Crippen LogP contribution in [-0.2, 0) is 19.8 Å². The van der Waals surface area contributed by atoms with Crippen molar-refractivity contribution in [3.05, 3.63) is 53.1 Å². The van der Waals surface area contributed by atoms with Crippen molar-refractivity contribution in [3.8, 4) is 5.75 Å². The summed E-state index contributed by atoms with van der Waals surface area (Å²) in [5.74, 6) is -13.8. The molecule has 0 aliphatic heterocycles. The lowest BCUT2D eigenvalue weighted by molar-refractivity contribution is 0.346. The van der Waals surface area contributed by atoms with Gasteiger partial charge < -0.3 is 7.25 Å². The maximum atomic E-state index is 13.5. The maximum Gasteiger partial charge on any atom is 0.340 e. The first-order valence-electron chi connectivity index (χ1n) is 5.82. The molecule has 130 valence electrons. The average Bonchev–Trinajstić information content (AvgIpc) is 2.56. The molecule has 0 radical (unpaired) electrons. The van der Waals surface area contributed by atoms with Gasteiger partial charge in [-0.15, -0.1) is 0 Å². The van der Waals surface area contributed by atoms with Crippen LogP contribution in [0.5, 0.6) is 5.75 Å². The highest BCUT2D eigenvalue weighted by Crippen LogP contribution is 2.31. The Morgan fingerprint density at radius 3 is 2.04 bits per heavy atom. The number of hydrogen-bond donors (Lipinski definition) is 0. The van der Waals surface area contributed by atoms with Gasteiger partial charge in [-0.1, -0.05) is 0 Å². The molecule has 1 aromatic heterocycles. The number of nitrogens with zero attached hydrogens (tertiary/aromatic N) is 1. The predicted octanol–water partition coefficient (Wildman–Crippen LogP) is 3.41. The van der Waals surface area contributed by atoms with Crippen LogP contribution in [0.2, 0.25) is 0 Å². The van der Waals surface area contributed by atoms with E-state index in [9.17, 15) is 30.4 Å². The van der Waals surface area contributed by atoms with E-state index in [1.807, 2.05) is 0 Å². The van der Waals surface area contributed by atoms with Gasteiger partial charge in [-0.05, 0) is 11.6 Å². The van der Waals surface area contributed by atoms with Gasteiger partial charge in [-0.2, -0.15) is 17.2 Å². The van der Waals surface area contributed by atoms with E-state index < -0.39 is 49.8 Å². The van der Waals surface area contributed by atoms with Crippen molar-refractivity contribution in [2.75, 3.05) is 0 Å². The fourth-order valence-corrected chi connectivity index (χ4v) is 2.87. The molecule has 5 nitrogen and oxygen atoms in total. The largest absolute Gasteiger partial charge is 0.372 e. The summed E-state index contributed by atoms with van der Waals surface area (Å²) >= 11 is 1.53. The summed E-state index contributed by atoms with van der Waals surface area (Å²) in [4.78, 5) is 2.91. The number of aromatic nitrogens is 1. The second-order valence-corrected chi connectivity index (χ2v) is 6.39. The Bertz CT molecular complexity index is 864. The Labute approximate surface area is 146 Å². The number of rotatable bonds is 5. The summed E-state index contributed by atoms with van der Waals surface area (Å²) in [5, 5.41) is 0. The second-order valence-electron chi connectivity index (χ2n) is 4.22. The van der Waals surface area contributed by atoms with Crippen LogP contribution in [0.25, 0.3) is 0 Å². The number of pyridine rings is 1. The van der Waals surface area contributed by atoms with Gasteiger partial charge in [0.1, 0.15) is 27.9 Å². The Morgan fingerprint density at radius 1 is 0.958 bits per heavy atom. The first-order chi connectivity index (χ1) is 11.2. The Morgan fingerprint density at radius 2 is 1.50 bits per heavy atom. The number of halogens is 6. The van der Waals surface area contributed by atoms with Crippen molar-refractivity contribution in [1.29, 1.82) is 0 Å². The third-order valence-corrected chi connectivity index (χ3v) is 4.14. The monoisotopic (exact) mass is 481 g/mol. The molecule has 0 unspecified atom stereocenters. The van der Waals surface area contributed by atoms with Crippen LogP contribution in [0.4, 0.5) is 22.0 Å². The predicted molar refractivity (Wildman–Crippen MR) is 77.1 cm³/mol. The van der Waals surface area contributed by atoms with Gasteiger partial charge >= 0.3 is 10.1 Å². The zero-order valence-corrected chi connectivity index (χ0v) is 14.2. The first kappa shape index (κ1) is 18.8. The van der Waals surface area contributed by atoms with Crippen molar-refractivity contribution in [2.45, 2.75) is 11.5 Å². The van der Waals surface area contributed by atoms with Crippen LogP contribution in [0.15, 0.2) is 23.4 Å². The van der Waals surface area contributed by atoms with Crippen molar-refractivity contribution in [3.63, 3.8) is 0 Å². The van der Waals surface area contributed by atoms with E-state index in [1.54, 1.807) is 0 Å². The molecule has 0 saturated heterocycles. The third kappa shape index (κ3) is 3.59. The van der Waals surface area contributed by atoms with Crippen LogP contribution in [0.3, 0.4) is 0 Å². The highest BCUT2D eigenvalue weighted by molar-refractivity contribution is 14.1. The zero-order valence-electron chi connectivity index (χ0n) is 11.2. The normalized spacial score (nSPS) is 11.6. The lowest BCUT2D eigenvalue weighted by atomic mass is 10.3. The average molecular weight is 481 g/mol. The van der Waals surface area contributed by atoms with Gasteiger partial charge in [0.25, 0.3) is 0 Å². The van der Waals surface area contributed by atoms with Crippen LogP contribution < -0.4 is 4.18 Å². The van der Waals surface area contributed by atoms with E-state index in [2.05, 4.69) is 9.17 Å². The fraction of sp³-hybridized carbons (Fsp3) is 0.0833. The summed E-state index contributed by atoms with van der Waals surface area (Å²) < 4.78 is 98.9. The van der Waals surface area contributed by atoms with Gasteiger partial charge in [0, 0.05) is 12.4 Å². The molecule has 0 spiro atoms. The molecule has 0 aliphatic rings. The molecule has 0 atom stereocenters. The Hall–Kier alpha value is -1.54. The number of hydrogen-bond acceptors (Lipinski definition) is 5. The Kier molecular flexibility index (Phi) is 5.59. The van der Waals surface area contributed by atoms with Gasteiger partial charge in [-0.3, -0.25) is 4.98 Å². The fourth-order valence-electron chi connectivity index (χ4n) is 1.56. The molecule has 2 aromatic rings. The molecule has 12 heteroatoms. The molecular formula is C12H5F5INO4S. The molecule has 0 fully saturated rings. The maximum absolute atomic E-state index is 13.5. The van der Waals surface area contributed by atoms with E-state index in [0.717, 1.165) is 12.3 Å². The third-order valence-electron chi connectivity index (χ3n) is 2.64. The van der Waals surface area contributed by atoms with E-state index in [0.29, 0.717) is 0 Å². The molecule has 2 rings (SSSR count). The highest BCUT2D eigenvalue weighted by atomic mass is 127. The minimum Gasteiger partial charge on any atom is -0.372 e. The van der Waals surface area contributed by atoms with Crippen LogP contribution >= 0.6 is 23.0 Å². The molecule has 0 aliphatic carbocycles. The SMILES string of the molecule is O=S(=O)(Oc1c(F)c(F)c(F)c(F)c1F)c1cncc(COI)c1. The van der Waals surface area contributed by atoms with Crippen LogP contribution in [-0.4, -0.2) is 13.4 Å². The van der Waals surface area contributed by atoms with E-state index in [-0.39, 0.29) is 12.2 Å². The first-order valence-corrected chi connectivity index (χ1v) is 8.11. The van der Waals surface area contributed by atoms with Gasteiger partial charge in [0.2, 0.25) is 34.8 Å². The quantitative estimate of drug-likeness (QED) is 0.216. The number of benzene rings is 1. The minimum atomic E-state index is -4.90. The molecule has 1 aromatic carbocycles. The lowest BCUT2D eigenvalue weighted by Crippen LogP contribution is -2.15. The topological polar surface area (TPSA) is 65.5 Å². The molecule has 0 N–H and O–H groups in total.